The Morgan fingerprint density at radius 2 is 1.68 bits per heavy atom. The standard InChI is InChI=1S/C22H26N4O4.HI/c1-14-5-7-16(8-6-14)21-26-17(13-30-21)12-25-22(23-2)24-11-15-9-18(28-3)20(27)19(10-15)29-4;/h5-10,13,27H,11-12H2,1-4H3,(H2,23,24,25);1H. The fourth-order valence-corrected chi connectivity index (χ4v) is 2.85. The summed E-state index contributed by atoms with van der Waals surface area (Å²) in [5.41, 5.74) is 3.75. The fraction of sp³-hybridized carbons (Fsp3) is 0.273. The van der Waals surface area contributed by atoms with Crippen molar-refractivity contribution in [3.63, 3.8) is 0 Å². The average Bonchev–Trinajstić information content (AvgIpc) is 3.24. The summed E-state index contributed by atoms with van der Waals surface area (Å²) < 4.78 is 16.0. The van der Waals surface area contributed by atoms with Crippen LogP contribution in [-0.4, -0.2) is 37.3 Å². The minimum atomic E-state index is -0.0262. The first-order valence-corrected chi connectivity index (χ1v) is 9.44. The monoisotopic (exact) mass is 538 g/mol. The van der Waals surface area contributed by atoms with Gasteiger partial charge in [-0.1, -0.05) is 17.7 Å². The Morgan fingerprint density at radius 3 is 2.26 bits per heavy atom. The fourth-order valence-electron chi connectivity index (χ4n) is 2.85. The molecule has 0 saturated carbocycles. The van der Waals surface area contributed by atoms with Gasteiger partial charge in [0.2, 0.25) is 11.6 Å². The van der Waals surface area contributed by atoms with Gasteiger partial charge in [-0.15, -0.1) is 24.0 Å². The molecule has 0 aliphatic rings. The van der Waals surface area contributed by atoms with Crippen LogP contribution in [0.5, 0.6) is 17.2 Å². The Hall–Kier alpha value is -2.95. The number of nitrogens with zero attached hydrogens (tertiary/aromatic N) is 2. The van der Waals surface area contributed by atoms with Gasteiger partial charge in [0.1, 0.15) is 6.26 Å². The minimum Gasteiger partial charge on any atom is -0.502 e. The molecule has 166 valence electrons. The van der Waals surface area contributed by atoms with Crippen LogP contribution in [0.25, 0.3) is 11.5 Å². The molecular weight excluding hydrogens is 511 g/mol. The highest BCUT2D eigenvalue weighted by molar-refractivity contribution is 14.0. The first-order valence-electron chi connectivity index (χ1n) is 9.44. The van der Waals surface area contributed by atoms with Crippen LogP contribution in [0.1, 0.15) is 16.8 Å². The lowest BCUT2D eigenvalue weighted by molar-refractivity contribution is 0.339. The second-order valence-electron chi connectivity index (χ2n) is 6.64. The normalized spacial score (nSPS) is 10.9. The predicted octanol–water partition coefficient (Wildman–Crippen LogP) is 3.86. The van der Waals surface area contributed by atoms with Crippen molar-refractivity contribution in [1.29, 1.82) is 0 Å². The van der Waals surface area contributed by atoms with Crippen LogP contribution in [0.3, 0.4) is 0 Å². The van der Waals surface area contributed by atoms with E-state index in [1.807, 2.05) is 31.2 Å². The van der Waals surface area contributed by atoms with Gasteiger partial charge in [0, 0.05) is 19.2 Å². The minimum absolute atomic E-state index is 0. The lowest BCUT2D eigenvalue weighted by atomic mass is 10.1. The highest BCUT2D eigenvalue weighted by atomic mass is 127. The number of ether oxygens (including phenoxy) is 2. The van der Waals surface area contributed by atoms with Gasteiger partial charge in [-0.25, -0.2) is 4.98 Å². The van der Waals surface area contributed by atoms with E-state index in [4.69, 9.17) is 13.9 Å². The highest BCUT2D eigenvalue weighted by Gasteiger charge is 2.12. The zero-order valence-corrected chi connectivity index (χ0v) is 20.3. The van der Waals surface area contributed by atoms with E-state index in [-0.39, 0.29) is 29.7 Å². The van der Waals surface area contributed by atoms with Crippen LogP contribution in [0.15, 0.2) is 52.1 Å². The molecule has 8 nitrogen and oxygen atoms in total. The number of halogens is 1. The lowest BCUT2D eigenvalue weighted by Gasteiger charge is -2.14. The Morgan fingerprint density at radius 1 is 1.06 bits per heavy atom. The van der Waals surface area contributed by atoms with Crippen LogP contribution in [-0.2, 0) is 13.1 Å². The quantitative estimate of drug-likeness (QED) is 0.239. The second-order valence-corrected chi connectivity index (χ2v) is 6.64. The number of nitrogens with one attached hydrogen (secondary N) is 2. The van der Waals surface area contributed by atoms with E-state index in [9.17, 15) is 5.11 Å². The molecule has 1 aromatic heterocycles. The van der Waals surface area contributed by atoms with Crippen LogP contribution in [0, 0.1) is 6.92 Å². The number of phenolic OH excluding ortho intramolecular Hbond substituents is 1. The number of benzene rings is 2. The molecule has 0 fully saturated rings. The Kier molecular flexibility index (Phi) is 8.98. The molecule has 31 heavy (non-hydrogen) atoms. The number of methoxy groups -OCH3 is 2. The van der Waals surface area contributed by atoms with Gasteiger partial charge in [0.05, 0.1) is 26.5 Å². The summed E-state index contributed by atoms with van der Waals surface area (Å²) in [7, 11) is 4.68. The van der Waals surface area contributed by atoms with E-state index in [0.717, 1.165) is 16.8 Å². The molecule has 0 atom stereocenters. The molecule has 3 rings (SSSR count). The molecule has 3 N–H and O–H groups in total. The molecule has 0 bridgehead atoms. The summed E-state index contributed by atoms with van der Waals surface area (Å²) in [5.74, 6) is 1.85. The van der Waals surface area contributed by atoms with Gasteiger partial charge in [-0.2, -0.15) is 0 Å². The molecule has 3 aromatic rings. The highest BCUT2D eigenvalue weighted by Crippen LogP contribution is 2.37. The number of aryl methyl sites for hydroxylation is 1. The summed E-state index contributed by atoms with van der Waals surface area (Å²) in [6.45, 7) is 2.95. The molecule has 0 amide bonds. The number of rotatable bonds is 7. The maximum absolute atomic E-state index is 10.0. The smallest absolute Gasteiger partial charge is 0.226 e. The molecule has 1 heterocycles. The number of oxazole rings is 1. The molecule has 0 unspecified atom stereocenters. The zero-order chi connectivity index (χ0) is 21.5. The number of hydrogen-bond acceptors (Lipinski definition) is 6. The third-order valence-corrected chi connectivity index (χ3v) is 4.51. The summed E-state index contributed by atoms with van der Waals surface area (Å²) in [5, 5.41) is 16.4. The third kappa shape index (κ3) is 6.27. The van der Waals surface area contributed by atoms with E-state index >= 15 is 0 Å². The molecule has 0 radical (unpaired) electrons. The van der Waals surface area contributed by atoms with Crippen LogP contribution in [0.4, 0.5) is 0 Å². The van der Waals surface area contributed by atoms with E-state index in [2.05, 4.69) is 20.6 Å². The van der Waals surface area contributed by atoms with Gasteiger partial charge in [-0.3, -0.25) is 4.99 Å². The Labute approximate surface area is 198 Å². The Bertz CT molecular complexity index is 994. The van der Waals surface area contributed by atoms with Crippen LogP contribution in [0.2, 0.25) is 0 Å². The zero-order valence-electron chi connectivity index (χ0n) is 17.9. The SMILES string of the molecule is CN=C(NCc1cc(OC)c(O)c(OC)c1)NCc1coc(-c2ccc(C)cc2)n1.I. The molecule has 0 aliphatic carbocycles. The first-order chi connectivity index (χ1) is 14.5. The van der Waals surface area contributed by atoms with Crippen LogP contribution >= 0.6 is 24.0 Å². The molecular formula is C22H27IN4O4. The molecule has 9 heteroatoms. The maximum atomic E-state index is 10.0. The molecule has 0 spiro atoms. The predicted molar refractivity (Wildman–Crippen MR) is 130 cm³/mol. The van der Waals surface area contributed by atoms with Gasteiger partial charge < -0.3 is 29.6 Å². The van der Waals surface area contributed by atoms with Crippen molar-refractivity contribution >= 4 is 29.9 Å². The molecule has 2 aromatic carbocycles. The van der Waals surface area contributed by atoms with Gasteiger partial charge in [-0.05, 0) is 36.8 Å². The van der Waals surface area contributed by atoms with E-state index in [1.165, 1.54) is 19.8 Å². The van der Waals surface area contributed by atoms with Crippen molar-refractivity contribution in [1.82, 2.24) is 15.6 Å². The van der Waals surface area contributed by atoms with Crippen molar-refractivity contribution in [2.75, 3.05) is 21.3 Å². The van der Waals surface area contributed by atoms with E-state index in [1.54, 1.807) is 25.4 Å². The average molecular weight is 538 g/mol. The summed E-state index contributed by atoms with van der Waals surface area (Å²) >= 11 is 0. The van der Waals surface area contributed by atoms with Gasteiger partial charge in [0.15, 0.2) is 17.5 Å². The number of guanidine groups is 1. The van der Waals surface area contributed by atoms with E-state index < -0.39 is 0 Å². The molecule has 0 saturated heterocycles. The number of aliphatic imine (C=N–C) groups is 1. The van der Waals surface area contributed by atoms with Gasteiger partial charge >= 0.3 is 0 Å². The van der Waals surface area contributed by atoms with Crippen molar-refractivity contribution in [2.24, 2.45) is 4.99 Å². The van der Waals surface area contributed by atoms with Crippen molar-refractivity contribution in [3.05, 3.63) is 59.5 Å². The largest absolute Gasteiger partial charge is 0.502 e. The topological polar surface area (TPSA) is 101 Å². The summed E-state index contributed by atoms with van der Waals surface area (Å²) in [6, 6.07) is 11.5. The third-order valence-electron chi connectivity index (χ3n) is 4.51. The van der Waals surface area contributed by atoms with Crippen molar-refractivity contribution in [3.8, 4) is 28.7 Å². The Balaban J connectivity index is 0.00000341. The maximum Gasteiger partial charge on any atom is 0.226 e. The van der Waals surface area contributed by atoms with E-state index in [0.29, 0.717) is 36.4 Å². The number of hydrogen-bond donors (Lipinski definition) is 3. The summed E-state index contributed by atoms with van der Waals surface area (Å²) in [6.07, 6.45) is 1.63. The number of aromatic nitrogens is 1. The second kappa shape index (κ2) is 11.4. The lowest BCUT2D eigenvalue weighted by Crippen LogP contribution is -2.36. The van der Waals surface area contributed by atoms with Crippen LogP contribution < -0.4 is 20.1 Å². The first kappa shape index (κ1) is 24.3. The molecule has 0 aliphatic heterocycles. The number of aromatic hydroxyl groups is 1. The van der Waals surface area contributed by atoms with Crippen molar-refractivity contribution < 1.29 is 19.0 Å². The number of phenols is 1. The van der Waals surface area contributed by atoms with Gasteiger partial charge in [0.25, 0.3) is 0 Å². The summed E-state index contributed by atoms with van der Waals surface area (Å²) in [4.78, 5) is 8.74. The van der Waals surface area contributed by atoms with Crippen molar-refractivity contribution in [2.45, 2.75) is 20.0 Å².